The molecule has 0 heteroatoms. The molecular weight excluding hydrogens is 108 g/mol. The van der Waals surface area contributed by atoms with Crippen molar-refractivity contribution in [3.8, 4) is 0 Å². The van der Waals surface area contributed by atoms with Gasteiger partial charge >= 0.3 is 0 Å². The van der Waals surface area contributed by atoms with Crippen LogP contribution in [0.2, 0.25) is 0 Å². The van der Waals surface area contributed by atoms with Gasteiger partial charge in [0, 0.05) is 0 Å². The standard InChI is InChI=1S/C9H16/c1-4-6-8-9(3)7-5-2/h4-6,9H,2,7-8H2,1,3H3. The highest BCUT2D eigenvalue weighted by atomic mass is 14.0. The van der Waals surface area contributed by atoms with Crippen LogP contribution in [0.5, 0.6) is 0 Å². The summed E-state index contributed by atoms with van der Waals surface area (Å²) in [5, 5.41) is 0. The average Bonchev–Trinajstić information content (AvgIpc) is 1.85. The molecule has 0 aromatic carbocycles. The van der Waals surface area contributed by atoms with E-state index in [1.165, 1.54) is 6.42 Å². The van der Waals surface area contributed by atoms with Gasteiger partial charge in [-0.05, 0) is 25.7 Å². The topological polar surface area (TPSA) is 0 Å². The van der Waals surface area contributed by atoms with E-state index in [9.17, 15) is 0 Å². The van der Waals surface area contributed by atoms with E-state index in [2.05, 4.69) is 32.6 Å². The molecule has 1 unspecified atom stereocenters. The highest BCUT2D eigenvalue weighted by Gasteiger charge is 1.93. The van der Waals surface area contributed by atoms with E-state index in [1.807, 2.05) is 6.08 Å². The highest BCUT2D eigenvalue weighted by Crippen LogP contribution is 2.07. The summed E-state index contributed by atoms with van der Waals surface area (Å²) in [7, 11) is 0. The highest BCUT2D eigenvalue weighted by molar-refractivity contribution is 4.81. The molecule has 0 aliphatic carbocycles. The summed E-state index contributed by atoms with van der Waals surface area (Å²) in [4.78, 5) is 0. The fraction of sp³-hybridized carbons (Fsp3) is 0.556. The Morgan fingerprint density at radius 2 is 2.11 bits per heavy atom. The number of rotatable bonds is 4. The second kappa shape index (κ2) is 5.61. The van der Waals surface area contributed by atoms with Crippen LogP contribution in [0.3, 0.4) is 0 Å². The lowest BCUT2D eigenvalue weighted by Gasteiger charge is -2.01. The lowest BCUT2D eigenvalue weighted by Crippen LogP contribution is -1.88. The molecule has 0 fully saturated rings. The van der Waals surface area contributed by atoms with Crippen LogP contribution in [0.15, 0.2) is 24.8 Å². The molecule has 0 saturated carbocycles. The monoisotopic (exact) mass is 124 g/mol. The molecule has 0 rings (SSSR count). The Hall–Kier alpha value is -0.520. The molecular formula is C9H16. The summed E-state index contributed by atoms with van der Waals surface area (Å²) < 4.78 is 0. The van der Waals surface area contributed by atoms with Crippen molar-refractivity contribution in [2.75, 3.05) is 0 Å². The molecule has 0 spiro atoms. The van der Waals surface area contributed by atoms with Crippen molar-refractivity contribution in [1.29, 1.82) is 0 Å². The Labute approximate surface area is 58.3 Å². The van der Waals surface area contributed by atoms with E-state index in [0.29, 0.717) is 0 Å². The summed E-state index contributed by atoms with van der Waals surface area (Å²) in [5.74, 6) is 0.763. The van der Waals surface area contributed by atoms with Gasteiger partial charge in [0.05, 0.1) is 0 Å². The first-order valence-corrected chi connectivity index (χ1v) is 3.53. The molecule has 9 heavy (non-hydrogen) atoms. The predicted octanol–water partition coefficient (Wildman–Crippen LogP) is 3.16. The van der Waals surface area contributed by atoms with Gasteiger partial charge in [-0.25, -0.2) is 0 Å². The lowest BCUT2D eigenvalue weighted by molar-refractivity contribution is 0.603. The fourth-order valence-corrected chi connectivity index (χ4v) is 0.749. The molecule has 0 heterocycles. The molecule has 0 aromatic heterocycles. The molecule has 52 valence electrons. The molecule has 0 aliphatic rings. The van der Waals surface area contributed by atoms with E-state index in [0.717, 1.165) is 12.3 Å². The summed E-state index contributed by atoms with van der Waals surface area (Å²) in [5.41, 5.74) is 0. The maximum absolute atomic E-state index is 3.68. The molecule has 0 N–H and O–H groups in total. The molecule has 1 atom stereocenters. The fourth-order valence-electron chi connectivity index (χ4n) is 0.749. The van der Waals surface area contributed by atoms with E-state index >= 15 is 0 Å². The van der Waals surface area contributed by atoms with Crippen molar-refractivity contribution in [2.24, 2.45) is 5.92 Å². The maximum atomic E-state index is 3.68. The quantitative estimate of drug-likeness (QED) is 0.505. The van der Waals surface area contributed by atoms with Crippen molar-refractivity contribution in [3.05, 3.63) is 24.8 Å². The molecule has 0 radical (unpaired) electrons. The number of allylic oxidation sites excluding steroid dienone is 3. The van der Waals surface area contributed by atoms with Gasteiger partial charge < -0.3 is 0 Å². The maximum Gasteiger partial charge on any atom is -0.0322 e. The van der Waals surface area contributed by atoms with Gasteiger partial charge in [0.2, 0.25) is 0 Å². The van der Waals surface area contributed by atoms with Gasteiger partial charge in [0.15, 0.2) is 0 Å². The normalized spacial score (nSPS) is 14.0. The smallest absolute Gasteiger partial charge is 0.0322 e. The zero-order valence-corrected chi connectivity index (χ0v) is 6.43. The molecule has 0 aromatic rings. The zero-order valence-electron chi connectivity index (χ0n) is 6.43. The van der Waals surface area contributed by atoms with Gasteiger partial charge in [-0.3, -0.25) is 0 Å². The predicted molar refractivity (Wildman–Crippen MR) is 43.4 cm³/mol. The minimum Gasteiger partial charge on any atom is -0.103 e. The summed E-state index contributed by atoms with van der Waals surface area (Å²) in [6, 6.07) is 0. The molecule has 0 nitrogen and oxygen atoms in total. The summed E-state index contributed by atoms with van der Waals surface area (Å²) >= 11 is 0. The van der Waals surface area contributed by atoms with Crippen LogP contribution in [-0.2, 0) is 0 Å². The molecule has 0 amide bonds. The van der Waals surface area contributed by atoms with Crippen LogP contribution in [0, 0.1) is 5.92 Å². The van der Waals surface area contributed by atoms with Gasteiger partial charge in [-0.1, -0.05) is 25.2 Å². The minimum atomic E-state index is 0.763. The van der Waals surface area contributed by atoms with Gasteiger partial charge in [-0.2, -0.15) is 0 Å². The Kier molecular flexibility index (Phi) is 5.29. The molecule has 0 aliphatic heterocycles. The first-order valence-electron chi connectivity index (χ1n) is 3.53. The van der Waals surface area contributed by atoms with E-state index in [4.69, 9.17) is 0 Å². The third kappa shape index (κ3) is 5.35. The number of hydrogen-bond acceptors (Lipinski definition) is 0. The minimum absolute atomic E-state index is 0.763. The Morgan fingerprint density at radius 3 is 2.56 bits per heavy atom. The average molecular weight is 124 g/mol. The second-order valence-electron chi connectivity index (χ2n) is 2.43. The van der Waals surface area contributed by atoms with Crippen LogP contribution in [-0.4, -0.2) is 0 Å². The van der Waals surface area contributed by atoms with Crippen molar-refractivity contribution in [3.63, 3.8) is 0 Å². The SMILES string of the molecule is C=CCC(C)CC=CC. The zero-order chi connectivity index (χ0) is 7.11. The van der Waals surface area contributed by atoms with E-state index in [-0.39, 0.29) is 0 Å². The third-order valence-corrected chi connectivity index (χ3v) is 1.34. The molecule has 0 saturated heterocycles. The van der Waals surface area contributed by atoms with Crippen LogP contribution < -0.4 is 0 Å². The Bertz CT molecular complexity index is 90.2. The first kappa shape index (κ1) is 8.48. The van der Waals surface area contributed by atoms with Crippen molar-refractivity contribution in [2.45, 2.75) is 26.7 Å². The number of hydrogen-bond donors (Lipinski definition) is 0. The van der Waals surface area contributed by atoms with Crippen LogP contribution in [0.1, 0.15) is 26.7 Å². The van der Waals surface area contributed by atoms with Gasteiger partial charge in [0.25, 0.3) is 0 Å². The Morgan fingerprint density at radius 1 is 1.44 bits per heavy atom. The van der Waals surface area contributed by atoms with Crippen molar-refractivity contribution in [1.82, 2.24) is 0 Å². The van der Waals surface area contributed by atoms with E-state index in [1.54, 1.807) is 0 Å². The van der Waals surface area contributed by atoms with E-state index < -0.39 is 0 Å². The third-order valence-electron chi connectivity index (χ3n) is 1.34. The van der Waals surface area contributed by atoms with Crippen LogP contribution in [0.4, 0.5) is 0 Å². The van der Waals surface area contributed by atoms with Crippen molar-refractivity contribution >= 4 is 0 Å². The molecule has 0 bridgehead atoms. The lowest BCUT2D eigenvalue weighted by atomic mass is 10.0. The van der Waals surface area contributed by atoms with Gasteiger partial charge in [0.1, 0.15) is 0 Å². The van der Waals surface area contributed by atoms with Crippen molar-refractivity contribution < 1.29 is 0 Å². The van der Waals surface area contributed by atoms with Crippen LogP contribution >= 0.6 is 0 Å². The Balaban J connectivity index is 3.25. The van der Waals surface area contributed by atoms with Gasteiger partial charge in [-0.15, -0.1) is 6.58 Å². The second-order valence-corrected chi connectivity index (χ2v) is 2.43. The summed E-state index contributed by atoms with van der Waals surface area (Å²) in [6.45, 7) is 7.98. The van der Waals surface area contributed by atoms with Crippen LogP contribution in [0.25, 0.3) is 0 Å². The first-order chi connectivity index (χ1) is 4.31. The largest absolute Gasteiger partial charge is 0.103 e. The summed E-state index contributed by atoms with van der Waals surface area (Å²) in [6.07, 6.45) is 8.59.